The molecular weight excluding hydrogens is 374 g/mol. The molecule has 0 aliphatic carbocycles. The monoisotopic (exact) mass is 391 g/mol. The second-order valence-electron chi connectivity index (χ2n) is 5.46. The summed E-state index contributed by atoms with van der Waals surface area (Å²) in [5.74, 6) is 1.88. The summed E-state index contributed by atoms with van der Waals surface area (Å²) >= 11 is 3.36. The van der Waals surface area contributed by atoms with E-state index in [9.17, 15) is 4.79 Å². The van der Waals surface area contributed by atoms with Crippen molar-refractivity contribution in [3.63, 3.8) is 0 Å². The third-order valence-corrected chi connectivity index (χ3v) is 4.10. The highest BCUT2D eigenvalue weighted by molar-refractivity contribution is 9.10. The minimum absolute atomic E-state index is 0.194. The number of halogens is 1. The van der Waals surface area contributed by atoms with Crippen molar-refractivity contribution in [1.82, 2.24) is 5.32 Å². The third kappa shape index (κ3) is 4.20. The van der Waals surface area contributed by atoms with Gasteiger partial charge in [-0.2, -0.15) is 0 Å². The summed E-state index contributed by atoms with van der Waals surface area (Å²) in [6.45, 7) is 2.48. The Morgan fingerprint density at radius 3 is 2.71 bits per heavy atom. The first-order valence-electron chi connectivity index (χ1n) is 7.70. The van der Waals surface area contributed by atoms with Crippen LogP contribution in [0.5, 0.6) is 17.2 Å². The Morgan fingerprint density at radius 2 is 1.96 bits per heavy atom. The van der Waals surface area contributed by atoms with Crippen molar-refractivity contribution in [3.05, 3.63) is 53.0 Å². The molecule has 2 aromatic rings. The van der Waals surface area contributed by atoms with Gasteiger partial charge < -0.3 is 19.5 Å². The second kappa shape index (κ2) is 7.57. The van der Waals surface area contributed by atoms with Crippen molar-refractivity contribution >= 4 is 21.8 Å². The molecule has 24 heavy (non-hydrogen) atoms. The van der Waals surface area contributed by atoms with Gasteiger partial charge in [0.05, 0.1) is 6.54 Å². The van der Waals surface area contributed by atoms with Gasteiger partial charge in [-0.1, -0.05) is 28.1 Å². The van der Waals surface area contributed by atoms with Gasteiger partial charge in [-0.05, 0) is 43.3 Å². The largest absolute Gasteiger partial charge is 0.486 e. The molecule has 1 heterocycles. The van der Waals surface area contributed by atoms with E-state index >= 15 is 0 Å². The number of hydrogen-bond donors (Lipinski definition) is 1. The molecule has 0 bridgehead atoms. The maximum Gasteiger partial charge on any atom is 0.260 e. The maximum atomic E-state index is 12.2. The number of hydrogen-bond acceptors (Lipinski definition) is 4. The molecular formula is C18H18BrNO4. The van der Waals surface area contributed by atoms with Gasteiger partial charge in [0.1, 0.15) is 18.5 Å². The van der Waals surface area contributed by atoms with Crippen molar-refractivity contribution in [3.8, 4) is 17.2 Å². The van der Waals surface area contributed by atoms with Crippen molar-refractivity contribution in [1.29, 1.82) is 0 Å². The lowest BCUT2D eigenvalue weighted by Crippen LogP contribution is -2.44. The van der Waals surface area contributed by atoms with Gasteiger partial charge in [-0.15, -0.1) is 0 Å². The summed E-state index contributed by atoms with van der Waals surface area (Å²) in [5, 5.41) is 2.84. The molecule has 2 aromatic carbocycles. The number of carbonyl (C=O) groups is 1. The Balaban J connectivity index is 1.48. The molecule has 5 nitrogen and oxygen atoms in total. The molecule has 0 saturated heterocycles. The van der Waals surface area contributed by atoms with E-state index in [0.717, 1.165) is 10.2 Å². The fraction of sp³-hybridized carbons (Fsp3) is 0.278. The van der Waals surface area contributed by atoms with Crippen molar-refractivity contribution in [2.24, 2.45) is 0 Å². The van der Waals surface area contributed by atoms with Crippen LogP contribution in [0.3, 0.4) is 0 Å². The topological polar surface area (TPSA) is 56.8 Å². The number of fused-ring (bicyclic) bond motifs is 1. The van der Waals surface area contributed by atoms with Gasteiger partial charge in [0.2, 0.25) is 0 Å². The minimum Gasteiger partial charge on any atom is -0.486 e. The van der Waals surface area contributed by atoms with E-state index in [2.05, 4.69) is 21.2 Å². The summed E-state index contributed by atoms with van der Waals surface area (Å²) in [6, 6.07) is 14.8. The predicted molar refractivity (Wildman–Crippen MR) is 93.6 cm³/mol. The zero-order valence-corrected chi connectivity index (χ0v) is 14.8. The van der Waals surface area contributed by atoms with Crippen LogP contribution in [-0.4, -0.2) is 31.3 Å². The fourth-order valence-corrected chi connectivity index (χ4v) is 2.56. The molecule has 2 atom stereocenters. The van der Waals surface area contributed by atoms with E-state index in [4.69, 9.17) is 14.2 Å². The lowest BCUT2D eigenvalue weighted by Gasteiger charge is -2.27. The van der Waals surface area contributed by atoms with Crippen LogP contribution in [0.1, 0.15) is 6.92 Å². The molecule has 1 aliphatic heterocycles. The van der Waals surface area contributed by atoms with E-state index in [-0.39, 0.29) is 12.0 Å². The number of para-hydroxylation sites is 2. The van der Waals surface area contributed by atoms with E-state index in [1.54, 1.807) is 6.92 Å². The van der Waals surface area contributed by atoms with Crippen LogP contribution in [0.25, 0.3) is 0 Å². The lowest BCUT2D eigenvalue weighted by atomic mass is 10.2. The molecule has 0 saturated carbocycles. The SMILES string of the molecule is C[C@H](Oc1ccc(Br)cc1)C(=O)NC[C@@H]1COc2ccccc2O1. The highest BCUT2D eigenvalue weighted by Gasteiger charge is 2.22. The van der Waals surface area contributed by atoms with Crippen LogP contribution in [0.15, 0.2) is 53.0 Å². The number of nitrogens with one attached hydrogen (secondary N) is 1. The molecule has 0 spiro atoms. The smallest absolute Gasteiger partial charge is 0.260 e. The van der Waals surface area contributed by atoms with Crippen LogP contribution in [0, 0.1) is 0 Å². The number of ether oxygens (including phenoxy) is 3. The van der Waals surface area contributed by atoms with E-state index in [1.807, 2.05) is 48.5 Å². The minimum atomic E-state index is -0.594. The highest BCUT2D eigenvalue weighted by Crippen LogP contribution is 2.30. The number of rotatable bonds is 5. The van der Waals surface area contributed by atoms with Crippen LogP contribution in [0.4, 0.5) is 0 Å². The van der Waals surface area contributed by atoms with Gasteiger partial charge in [0.15, 0.2) is 17.6 Å². The van der Waals surface area contributed by atoms with Crippen LogP contribution in [0.2, 0.25) is 0 Å². The quantitative estimate of drug-likeness (QED) is 0.850. The van der Waals surface area contributed by atoms with Gasteiger partial charge >= 0.3 is 0 Å². The molecule has 3 rings (SSSR count). The standard InChI is InChI=1S/C18H18BrNO4/c1-12(23-14-8-6-13(19)7-9-14)18(21)20-10-15-11-22-16-4-2-3-5-17(16)24-15/h2-9,12,15H,10-11H2,1H3,(H,20,21)/t12-,15+/m0/s1. The van der Waals surface area contributed by atoms with Gasteiger partial charge in [0, 0.05) is 4.47 Å². The molecule has 0 fully saturated rings. The third-order valence-electron chi connectivity index (χ3n) is 3.57. The molecule has 0 aromatic heterocycles. The molecule has 1 aliphatic rings. The second-order valence-corrected chi connectivity index (χ2v) is 6.37. The van der Waals surface area contributed by atoms with Crippen molar-refractivity contribution < 1.29 is 19.0 Å². The Kier molecular flexibility index (Phi) is 5.25. The van der Waals surface area contributed by atoms with Gasteiger partial charge in [-0.3, -0.25) is 4.79 Å². The Morgan fingerprint density at radius 1 is 1.25 bits per heavy atom. The summed E-state index contributed by atoms with van der Waals surface area (Å²) in [6.07, 6.45) is -0.813. The number of benzene rings is 2. The average Bonchev–Trinajstić information content (AvgIpc) is 2.61. The molecule has 0 radical (unpaired) electrons. The zero-order valence-electron chi connectivity index (χ0n) is 13.2. The lowest BCUT2D eigenvalue weighted by molar-refractivity contribution is -0.127. The van der Waals surface area contributed by atoms with Crippen LogP contribution >= 0.6 is 15.9 Å². The molecule has 0 unspecified atom stereocenters. The first-order chi connectivity index (χ1) is 11.6. The molecule has 1 N–H and O–H groups in total. The first kappa shape index (κ1) is 16.6. The number of amides is 1. The molecule has 1 amide bonds. The summed E-state index contributed by atoms with van der Waals surface area (Å²) in [7, 11) is 0. The van der Waals surface area contributed by atoms with Gasteiger partial charge in [-0.25, -0.2) is 0 Å². The van der Waals surface area contributed by atoms with Crippen molar-refractivity contribution in [2.45, 2.75) is 19.1 Å². The van der Waals surface area contributed by atoms with Gasteiger partial charge in [0.25, 0.3) is 5.91 Å². The summed E-state index contributed by atoms with van der Waals surface area (Å²) in [5.41, 5.74) is 0. The van der Waals surface area contributed by atoms with E-state index in [0.29, 0.717) is 24.7 Å². The first-order valence-corrected chi connectivity index (χ1v) is 8.49. The van der Waals surface area contributed by atoms with E-state index < -0.39 is 6.10 Å². The Bertz CT molecular complexity index is 704. The Hall–Kier alpha value is -2.21. The summed E-state index contributed by atoms with van der Waals surface area (Å²) in [4.78, 5) is 12.2. The fourth-order valence-electron chi connectivity index (χ4n) is 2.29. The molecule has 126 valence electrons. The van der Waals surface area contributed by atoms with Crippen LogP contribution in [-0.2, 0) is 4.79 Å². The zero-order chi connectivity index (χ0) is 16.9. The summed E-state index contributed by atoms with van der Waals surface area (Å²) < 4.78 is 18.0. The number of carbonyl (C=O) groups excluding carboxylic acids is 1. The molecule has 6 heteroatoms. The average molecular weight is 392 g/mol. The van der Waals surface area contributed by atoms with E-state index in [1.165, 1.54) is 0 Å². The maximum absolute atomic E-state index is 12.2. The van der Waals surface area contributed by atoms with Crippen LogP contribution < -0.4 is 19.5 Å². The predicted octanol–water partition coefficient (Wildman–Crippen LogP) is 3.17. The normalized spacial score (nSPS) is 17.0. The Labute approximate surface area is 149 Å². The van der Waals surface area contributed by atoms with Crippen molar-refractivity contribution in [2.75, 3.05) is 13.2 Å². The highest BCUT2D eigenvalue weighted by atomic mass is 79.9.